The molecule has 0 unspecified atom stereocenters. The van der Waals surface area contributed by atoms with Crippen LogP contribution >= 0.6 is 12.2 Å². The van der Waals surface area contributed by atoms with Gasteiger partial charge in [-0.25, -0.2) is 0 Å². The Balaban J connectivity index is 1.81. The molecule has 0 atom stereocenters. The molecule has 1 aliphatic heterocycles. The van der Waals surface area contributed by atoms with Crippen molar-refractivity contribution in [1.29, 1.82) is 0 Å². The van der Waals surface area contributed by atoms with E-state index < -0.39 is 0 Å². The number of amides is 1. The second kappa shape index (κ2) is 5.58. The number of nitrogens with zero attached hydrogens (tertiary/aromatic N) is 3. The first-order valence-electron chi connectivity index (χ1n) is 7.51. The number of H-pyrrole nitrogens is 1. The molecule has 0 saturated carbocycles. The fourth-order valence-electron chi connectivity index (χ4n) is 2.74. The molecule has 0 aliphatic carbocycles. The number of nitrogens with one attached hydrogen (secondary N) is 1. The van der Waals surface area contributed by atoms with Crippen LogP contribution in [-0.2, 0) is 4.79 Å². The molecule has 0 radical (unpaired) electrons. The SMILES string of the molecule is CC1=NN(c2ccccc2)C(=O)/C1=C\n1c(=S)[nH]c2ccccc21. The van der Waals surface area contributed by atoms with E-state index in [1.165, 1.54) is 5.01 Å². The number of aromatic amines is 1. The van der Waals surface area contributed by atoms with Crippen LogP contribution in [0, 0.1) is 4.77 Å². The number of carbonyl (C=O) groups excluding carboxylic acids is 1. The van der Waals surface area contributed by atoms with E-state index in [-0.39, 0.29) is 5.91 Å². The number of fused-ring (bicyclic) bond motifs is 1. The zero-order valence-electron chi connectivity index (χ0n) is 12.9. The second-order valence-corrected chi connectivity index (χ2v) is 5.88. The van der Waals surface area contributed by atoms with E-state index in [0.717, 1.165) is 16.7 Å². The fraction of sp³-hybridized carbons (Fsp3) is 0.0556. The molecule has 4 rings (SSSR count). The number of rotatable bonds is 2. The molecule has 0 saturated heterocycles. The van der Waals surface area contributed by atoms with Gasteiger partial charge in [-0.2, -0.15) is 10.1 Å². The average molecular weight is 334 g/mol. The lowest BCUT2D eigenvalue weighted by atomic mass is 10.2. The maximum Gasteiger partial charge on any atom is 0.282 e. The average Bonchev–Trinajstić information content (AvgIpc) is 3.07. The van der Waals surface area contributed by atoms with Gasteiger partial charge in [0.2, 0.25) is 0 Å². The largest absolute Gasteiger partial charge is 0.330 e. The summed E-state index contributed by atoms with van der Waals surface area (Å²) in [5.74, 6) is -0.161. The molecule has 24 heavy (non-hydrogen) atoms. The van der Waals surface area contributed by atoms with Gasteiger partial charge < -0.3 is 4.98 Å². The first-order chi connectivity index (χ1) is 11.6. The predicted octanol–water partition coefficient (Wildman–Crippen LogP) is 3.96. The summed E-state index contributed by atoms with van der Waals surface area (Å²) < 4.78 is 2.35. The van der Waals surface area contributed by atoms with E-state index in [1.807, 2.05) is 66.1 Å². The summed E-state index contributed by atoms with van der Waals surface area (Å²) >= 11 is 5.39. The van der Waals surface area contributed by atoms with Gasteiger partial charge in [0.05, 0.1) is 28.0 Å². The second-order valence-electron chi connectivity index (χ2n) is 5.50. The Morgan fingerprint density at radius 2 is 1.79 bits per heavy atom. The van der Waals surface area contributed by atoms with Gasteiger partial charge in [-0.1, -0.05) is 30.3 Å². The van der Waals surface area contributed by atoms with Gasteiger partial charge in [0, 0.05) is 6.20 Å². The Hall–Kier alpha value is -2.99. The van der Waals surface area contributed by atoms with Crippen LogP contribution in [0.2, 0.25) is 0 Å². The van der Waals surface area contributed by atoms with Crippen molar-refractivity contribution in [1.82, 2.24) is 9.55 Å². The first-order valence-corrected chi connectivity index (χ1v) is 7.92. The van der Waals surface area contributed by atoms with Crippen LogP contribution in [0.4, 0.5) is 5.69 Å². The molecule has 6 heteroatoms. The maximum atomic E-state index is 12.8. The molecule has 3 aromatic rings. The maximum absolute atomic E-state index is 12.8. The number of hydrazone groups is 1. The van der Waals surface area contributed by atoms with E-state index in [9.17, 15) is 4.79 Å². The quantitative estimate of drug-likeness (QED) is 0.570. The highest BCUT2D eigenvalue weighted by atomic mass is 32.1. The highest BCUT2D eigenvalue weighted by molar-refractivity contribution is 7.71. The smallest absolute Gasteiger partial charge is 0.282 e. The number of hydrogen-bond acceptors (Lipinski definition) is 3. The lowest BCUT2D eigenvalue weighted by Crippen LogP contribution is -2.21. The van der Waals surface area contributed by atoms with Crippen molar-refractivity contribution in [2.24, 2.45) is 5.10 Å². The zero-order chi connectivity index (χ0) is 16.7. The molecule has 5 nitrogen and oxygen atoms in total. The van der Waals surface area contributed by atoms with Gasteiger partial charge in [0.1, 0.15) is 0 Å². The van der Waals surface area contributed by atoms with E-state index >= 15 is 0 Å². The Morgan fingerprint density at radius 3 is 2.58 bits per heavy atom. The third-order valence-corrected chi connectivity index (χ3v) is 4.24. The van der Waals surface area contributed by atoms with Gasteiger partial charge in [-0.15, -0.1) is 0 Å². The Kier molecular flexibility index (Phi) is 3.39. The normalized spacial score (nSPS) is 16.2. The summed E-state index contributed by atoms with van der Waals surface area (Å²) in [6.07, 6.45) is 1.76. The molecule has 2 aromatic carbocycles. The molecule has 0 bridgehead atoms. The summed E-state index contributed by atoms with van der Waals surface area (Å²) in [5.41, 5.74) is 3.79. The van der Waals surface area contributed by atoms with Crippen molar-refractivity contribution in [3.05, 3.63) is 64.9 Å². The molecule has 0 fully saturated rings. The summed E-state index contributed by atoms with van der Waals surface area (Å²) in [6.45, 7) is 1.82. The third kappa shape index (κ3) is 2.28. The molecule has 1 amide bonds. The first kappa shape index (κ1) is 14.6. The van der Waals surface area contributed by atoms with Crippen molar-refractivity contribution < 1.29 is 4.79 Å². The standard InChI is InChI=1S/C18H14N4OS/c1-12-14(17(23)22(20-12)13-7-3-2-4-8-13)11-21-16-10-6-5-9-15(16)19-18(21)24/h2-11H,1H3,(H,19,24)/b14-11-. The number of aromatic nitrogens is 2. The van der Waals surface area contributed by atoms with E-state index in [0.29, 0.717) is 16.1 Å². The lowest BCUT2D eigenvalue weighted by Gasteiger charge is -2.11. The minimum Gasteiger partial charge on any atom is -0.330 e. The zero-order valence-corrected chi connectivity index (χ0v) is 13.7. The van der Waals surface area contributed by atoms with Gasteiger partial charge >= 0.3 is 0 Å². The van der Waals surface area contributed by atoms with Crippen molar-refractivity contribution in [2.75, 3.05) is 5.01 Å². The molecule has 0 spiro atoms. The van der Waals surface area contributed by atoms with Crippen molar-refractivity contribution in [3.8, 4) is 0 Å². The molecule has 1 N–H and O–H groups in total. The van der Waals surface area contributed by atoms with Crippen LogP contribution in [0.1, 0.15) is 6.92 Å². The van der Waals surface area contributed by atoms with Crippen molar-refractivity contribution in [2.45, 2.75) is 6.92 Å². The molecule has 1 aliphatic rings. The summed E-state index contributed by atoms with van der Waals surface area (Å²) in [4.78, 5) is 15.9. The van der Waals surface area contributed by atoms with Gasteiger partial charge in [0.25, 0.3) is 5.91 Å². The minimum absolute atomic E-state index is 0.161. The third-order valence-electron chi connectivity index (χ3n) is 3.95. The number of benzene rings is 2. The Morgan fingerprint density at radius 1 is 1.08 bits per heavy atom. The molecule has 1 aromatic heterocycles. The van der Waals surface area contributed by atoms with Crippen LogP contribution in [0.3, 0.4) is 0 Å². The van der Waals surface area contributed by atoms with E-state index in [2.05, 4.69) is 10.1 Å². The van der Waals surface area contributed by atoms with E-state index in [1.54, 1.807) is 6.20 Å². The Bertz CT molecular complexity index is 1060. The Labute approximate surface area is 143 Å². The van der Waals surface area contributed by atoms with Crippen molar-refractivity contribution in [3.63, 3.8) is 0 Å². The predicted molar refractivity (Wildman–Crippen MR) is 98.4 cm³/mol. The molecule has 118 valence electrons. The number of imidazole rings is 1. The number of anilines is 1. The summed E-state index contributed by atoms with van der Waals surface area (Å²) in [6, 6.07) is 17.2. The fourth-order valence-corrected chi connectivity index (χ4v) is 3.00. The summed E-state index contributed by atoms with van der Waals surface area (Å²) in [5, 5.41) is 5.80. The molecule has 2 heterocycles. The van der Waals surface area contributed by atoms with E-state index in [4.69, 9.17) is 12.2 Å². The monoisotopic (exact) mass is 334 g/mol. The molecular weight excluding hydrogens is 320 g/mol. The van der Waals surface area contributed by atoms with Crippen LogP contribution in [-0.4, -0.2) is 21.2 Å². The number of para-hydroxylation sites is 3. The van der Waals surface area contributed by atoms with Crippen LogP contribution in [0.25, 0.3) is 17.2 Å². The minimum atomic E-state index is -0.161. The highest BCUT2D eigenvalue weighted by Gasteiger charge is 2.29. The van der Waals surface area contributed by atoms with Crippen molar-refractivity contribution >= 4 is 46.8 Å². The number of carbonyl (C=O) groups is 1. The van der Waals surface area contributed by atoms with Gasteiger partial charge in [-0.3, -0.25) is 9.36 Å². The summed E-state index contributed by atoms with van der Waals surface area (Å²) in [7, 11) is 0. The lowest BCUT2D eigenvalue weighted by molar-refractivity contribution is -0.114. The van der Waals surface area contributed by atoms with Gasteiger partial charge in [0.15, 0.2) is 4.77 Å². The van der Waals surface area contributed by atoms with Crippen LogP contribution in [0.15, 0.2) is 65.3 Å². The highest BCUT2D eigenvalue weighted by Crippen LogP contribution is 2.24. The van der Waals surface area contributed by atoms with Crippen LogP contribution in [0.5, 0.6) is 0 Å². The molecular formula is C18H14N4OS. The topological polar surface area (TPSA) is 53.4 Å². The van der Waals surface area contributed by atoms with Crippen LogP contribution < -0.4 is 5.01 Å². The van der Waals surface area contributed by atoms with Gasteiger partial charge in [-0.05, 0) is 43.4 Å². The number of hydrogen-bond donors (Lipinski definition) is 1.